The van der Waals surface area contributed by atoms with Crippen molar-refractivity contribution in [3.8, 4) is 11.5 Å². The first kappa shape index (κ1) is 13.5. The number of ether oxygens (including phenoxy) is 2. The molecule has 3 rings (SSSR count). The first-order valence-electron chi connectivity index (χ1n) is 6.99. The number of fused-ring (bicyclic) bond motifs is 1. The zero-order valence-electron chi connectivity index (χ0n) is 11.4. The maximum absolute atomic E-state index is 5.36. The summed E-state index contributed by atoms with van der Waals surface area (Å²) in [6, 6.07) is 5.93. The lowest BCUT2D eigenvalue weighted by molar-refractivity contribution is 0.174. The van der Waals surface area contributed by atoms with Gasteiger partial charge in [0.1, 0.15) is 0 Å². The second-order valence-corrected chi connectivity index (χ2v) is 5.44. The molecule has 0 aromatic heterocycles. The average molecular weight is 293 g/mol. The molecule has 2 aliphatic heterocycles. The SMILES string of the molecule is S=C(NCc1ccc2c(c1)OCO2)NN1CCCCC1. The van der Waals surface area contributed by atoms with Crippen LogP contribution in [0.15, 0.2) is 18.2 Å². The van der Waals surface area contributed by atoms with E-state index >= 15 is 0 Å². The molecule has 0 bridgehead atoms. The number of hydrogen-bond donors (Lipinski definition) is 2. The molecule has 1 aromatic carbocycles. The molecule has 2 N–H and O–H groups in total. The molecule has 0 unspecified atom stereocenters. The first-order chi connectivity index (χ1) is 9.81. The molecular weight excluding hydrogens is 274 g/mol. The highest BCUT2D eigenvalue weighted by Gasteiger charge is 2.14. The third-order valence-corrected chi connectivity index (χ3v) is 3.74. The Morgan fingerprint density at radius 2 is 1.95 bits per heavy atom. The Bertz CT molecular complexity index is 489. The highest BCUT2D eigenvalue weighted by atomic mass is 32.1. The van der Waals surface area contributed by atoms with Gasteiger partial charge in [-0.25, -0.2) is 5.01 Å². The van der Waals surface area contributed by atoms with Crippen molar-refractivity contribution in [3.05, 3.63) is 23.8 Å². The number of piperidine rings is 1. The highest BCUT2D eigenvalue weighted by Crippen LogP contribution is 2.32. The molecule has 0 atom stereocenters. The number of rotatable bonds is 3. The van der Waals surface area contributed by atoms with Crippen LogP contribution in [-0.4, -0.2) is 30.0 Å². The van der Waals surface area contributed by atoms with Crippen molar-refractivity contribution in [1.82, 2.24) is 15.8 Å². The van der Waals surface area contributed by atoms with Crippen molar-refractivity contribution >= 4 is 17.3 Å². The van der Waals surface area contributed by atoms with Gasteiger partial charge in [-0.3, -0.25) is 5.43 Å². The fourth-order valence-corrected chi connectivity index (χ4v) is 2.62. The summed E-state index contributed by atoms with van der Waals surface area (Å²) in [6.45, 7) is 3.11. The second kappa shape index (κ2) is 6.28. The topological polar surface area (TPSA) is 45.8 Å². The number of nitrogens with one attached hydrogen (secondary N) is 2. The van der Waals surface area contributed by atoms with Crippen molar-refractivity contribution in [3.63, 3.8) is 0 Å². The largest absolute Gasteiger partial charge is 0.454 e. The summed E-state index contributed by atoms with van der Waals surface area (Å²) in [6.07, 6.45) is 3.78. The Morgan fingerprint density at radius 1 is 1.15 bits per heavy atom. The van der Waals surface area contributed by atoms with Gasteiger partial charge >= 0.3 is 0 Å². The van der Waals surface area contributed by atoms with E-state index in [1.54, 1.807) is 0 Å². The van der Waals surface area contributed by atoms with Crippen LogP contribution in [-0.2, 0) is 6.54 Å². The Kier molecular flexibility index (Phi) is 4.22. The van der Waals surface area contributed by atoms with Gasteiger partial charge in [-0.05, 0) is 42.8 Å². The Balaban J connectivity index is 1.47. The van der Waals surface area contributed by atoms with Gasteiger partial charge in [-0.2, -0.15) is 0 Å². The van der Waals surface area contributed by atoms with Crippen LogP contribution in [0.1, 0.15) is 24.8 Å². The highest BCUT2D eigenvalue weighted by molar-refractivity contribution is 7.80. The summed E-state index contributed by atoms with van der Waals surface area (Å²) in [7, 11) is 0. The van der Waals surface area contributed by atoms with E-state index < -0.39 is 0 Å². The van der Waals surface area contributed by atoms with E-state index in [2.05, 4.69) is 15.8 Å². The van der Waals surface area contributed by atoms with Crippen LogP contribution in [0, 0.1) is 0 Å². The van der Waals surface area contributed by atoms with Gasteiger partial charge in [0, 0.05) is 19.6 Å². The van der Waals surface area contributed by atoms with Crippen molar-refractivity contribution < 1.29 is 9.47 Å². The average Bonchev–Trinajstić information content (AvgIpc) is 2.93. The minimum Gasteiger partial charge on any atom is -0.454 e. The Hall–Kier alpha value is -1.53. The van der Waals surface area contributed by atoms with Gasteiger partial charge in [0.15, 0.2) is 16.6 Å². The molecule has 0 spiro atoms. The van der Waals surface area contributed by atoms with E-state index in [0.717, 1.165) is 30.2 Å². The van der Waals surface area contributed by atoms with Gasteiger partial charge in [0.25, 0.3) is 0 Å². The van der Waals surface area contributed by atoms with Gasteiger partial charge in [-0.15, -0.1) is 0 Å². The zero-order valence-corrected chi connectivity index (χ0v) is 12.2. The van der Waals surface area contributed by atoms with Crippen LogP contribution in [0.25, 0.3) is 0 Å². The molecule has 2 aliphatic rings. The molecule has 1 aromatic rings. The van der Waals surface area contributed by atoms with Gasteiger partial charge in [0.05, 0.1) is 0 Å². The molecule has 6 heteroatoms. The lowest BCUT2D eigenvalue weighted by Gasteiger charge is -2.28. The normalized spacial score (nSPS) is 17.8. The fraction of sp³-hybridized carbons (Fsp3) is 0.500. The van der Waals surface area contributed by atoms with Crippen LogP contribution < -0.4 is 20.2 Å². The Labute approximate surface area is 124 Å². The lowest BCUT2D eigenvalue weighted by atomic mass is 10.2. The van der Waals surface area contributed by atoms with E-state index in [-0.39, 0.29) is 0 Å². The number of hydrogen-bond acceptors (Lipinski definition) is 4. The smallest absolute Gasteiger partial charge is 0.231 e. The van der Waals surface area contributed by atoms with E-state index in [1.165, 1.54) is 19.3 Å². The minimum atomic E-state index is 0.307. The van der Waals surface area contributed by atoms with Crippen molar-refractivity contribution in [1.29, 1.82) is 0 Å². The summed E-state index contributed by atoms with van der Waals surface area (Å²) in [5, 5.41) is 6.07. The van der Waals surface area contributed by atoms with E-state index in [1.807, 2.05) is 18.2 Å². The number of benzene rings is 1. The molecule has 0 radical (unpaired) electrons. The summed E-state index contributed by atoms with van der Waals surface area (Å²) in [5.74, 6) is 1.61. The second-order valence-electron chi connectivity index (χ2n) is 5.03. The van der Waals surface area contributed by atoms with Gasteiger partial charge < -0.3 is 14.8 Å². The number of thiocarbonyl (C=S) groups is 1. The van der Waals surface area contributed by atoms with Crippen molar-refractivity contribution in [2.24, 2.45) is 0 Å². The number of nitrogens with zero attached hydrogens (tertiary/aromatic N) is 1. The molecular formula is C14H19N3O2S. The van der Waals surface area contributed by atoms with E-state index in [9.17, 15) is 0 Å². The summed E-state index contributed by atoms with van der Waals surface area (Å²) < 4.78 is 10.7. The molecule has 2 heterocycles. The van der Waals surface area contributed by atoms with Crippen molar-refractivity contribution in [2.45, 2.75) is 25.8 Å². The molecule has 0 saturated carbocycles. The maximum atomic E-state index is 5.36. The standard InChI is InChI=1S/C14H19N3O2S/c20-14(16-17-6-2-1-3-7-17)15-9-11-4-5-12-13(8-11)19-10-18-12/h4-5,8H,1-3,6-7,9-10H2,(H2,15,16,20). The maximum Gasteiger partial charge on any atom is 0.231 e. The van der Waals surface area contributed by atoms with Crippen LogP contribution in [0.5, 0.6) is 11.5 Å². The van der Waals surface area contributed by atoms with Gasteiger partial charge in [0.2, 0.25) is 6.79 Å². The van der Waals surface area contributed by atoms with Crippen LogP contribution in [0.2, 0.25) is 0 Å². The Morgan fingerprint density at radius 3 is 2.80 bits per heavy atom. The lowest BCUT2D eigenvalue weighted by Crippen LogP contribution is -2.48. The predicted octanol–water partition coefficient (Wildman–Crippen LogP) is 1.78. The molecule has 0 aliphatic carbocycles. The molecule has 20 heavy (non-hydrogen) atoms. The van der Waals surface area contributed by atoms with Crippen LogP contribution >= 0.6 is 12.2 Å². The molecule has 5 nitrogen and oxygen atoms in total. The minimum absolute atomic E-state index is 0.307. The third kappa shape index (κ3) is 3.32. The van der Waals surface area contributed by atoms with E-state index in [0.29, 0.717) is 18.5 Å². The van der Waals surface area contributed by atoms with Crippen molar-refractivity contribution in [2.75, 3.05) is 19.9 Å². The third-order valence-electron chi connectivity index (χ3n) is 3.51. The molecule has 1 fully saturated rings. The predicted molar refractivity (Wildman–Crippen MR) is 80.6 cm³/mol. The van der Waals surface area contributed by atoms with E-state index in [4.69, 9.17) is 21.7 Å². The quantitative estimate of drug-likeness (QED) is 0.828. The zero-order chi connectivity index (χ0) is 13.8. The summed E-state index contributed by atoms with van der Waals surface area (Å²) in [5.41, 5.74) is 4.36. The van der Waals surface area contributed by atoms with Gasteiger partial charge in [-0.1, -0.05) is 12.5 Å². The van der Waals surface area contributed by atoms with Crippen LogP contribution in [0.4, 0.5) is 0 Å². The monoisotopic (exact) mass is 293 g/mol. The fourth-order valence-electron chi connectivity index (χ4n) is 2.42. The molecule has 108 valence electrons. The van der Waals surface area contributed by atoms with Crippen LogP contribution in [0.3, 0.4) is 0 Å². The molecule has 1 saturated heterocycles. The molecule has 0 amide bonds. The summed E-state index contributed by atoms with van der Waals surface area (Å²) >= 11 is 5.31. The summed E-state index contributed by atoms with van der Waals surface area (Å²) in [4.78, 5) is 0. The first-order valence-corrected chi connectivity index (χ1v) is 7.40. The number of hydrazine groups is 1.